The van der Waals surface area contributed by atoms with Crippen LogP contribution in [0.4, 0.5) is 0 Å². The van der Waals surface area contributed by atoms with Crippen molar-refractivity contribution in [3.8, 4) is 5.75 Å². The van der Waals surface area contributed by atoms with Gasteiger partial charge in [0.2, 0.25) is 0 Å². The minimum Gasteiger partial charge on any atom is -0.507 e. The smallest absolute Gasteiger partial charge is 0.342 e. The van der Waals surface area contributed by atoms with Gasteiger partial charge in [-0.3, -0.25) is 4.79 Å². The van der Waals surface area contributed by atoms with Crippen molar-refractivity contribution in [1.29, 1.82) is 0 Å². The average molecular weight is 406 g/mol. The van der Waals surface area contributed by atoms with Gasteiger partial charge in [-0.1, -0.05) is 15.9 Å². The quantitative estimate of drug-likeness (QED) is 0.748. The molecule has 1 saturated heterocycles. The van der Waals surface area contributed by atoms with Crippen LogP contribution in [-0.2, 0) is 19.4 Å². The van der Waals surface area contributed by atoms with Crippen molar-refractivity contribution in [2.45, 2.75) is 12.5 Å². The molecule has 1 aliphatic rings. The molecule has 1 unspecified atom stereocenters. The number of esters is 1. The Morgan fingerprint density at radius 3 is 2.74 bits per heavy atom. The van der Waals surface area contributed by atoms with Crippen molar-refractivity contribution in [3.05, 3.63) is 28.2 Å². The van der Waals surface area contributed by atoms with Gasteiger partial charge in [-0.25, -0.2) is 13.2 Å². The Kier molecular flexibility index (Phi) is 5.30. The van der Waals surface area contributed by atoms with Crippen LogP contribution in [-0.4, -0.2) is 61.5 Å². The first-order valence-corrected chi connectivity index (χ1v) is 9.43. The van der Waals surface area contributed by atoms with Crippen molar-refractivity contribution < 1.29 is 27.9 Å². The summed E-state index contributed by atoms with van der Waals surface area (Å²) in [6, 6.07) is 3.88. The van der Waals surface area contributed by atoms with Gasteiger partial charge in [-0.05, 0) is 24.6 Å². The molecule has 0 aliphatic carbocycles. The highest BCUT2D eigenvalue weighted by atomic mass is 79.9. The number of sulfone groups is 1. The van der Waals surface area contributed by atoms with Gasteiger partial charge in [0.15, 0.2) is 16.4 Å². The summed E-state index contributed by atoms with van der Waals surface area (Å²) in [7, 11) is -1.61. The molecule has 7 nitrogen and oxygen atoms in total. The molecule has 1 aliphatic heterocycles. The van der Waals surface area contributed by atoms with E-state index in [0.29, 0.717) is 10.9 Å². The van der Waals surface area contributed by atoms with Gasteiger partial charge in [0.1, 0.15) is 11.3 Å². The molecule has 23 heavy (non-hydrogen) atoms. The number of ether oxygens (including phenoxy) is 1. The maximum Gasteiger partial charge on any atom is 0.342 e. The fourth-order valence-electron chi connectivity index (χ4n) is 2.26. The number of nitrogens with zero attached hydrogens (tertiary/aromatic N) is 1. The zero-order valence-electron chi connectivity index (χ0n) is 12.4. The van der Waals surface area contributed by atoms with Gasteiger partial charge in [-0.15, -0.1) is 0 Å². The number of carbonyl (C=O) groups excluding carboxylic acids is 2. The summed E-state index contributed by atoms with van der Waals surface area (Å²) in [5, 5.41) is 9.63. The minimum atomic E-state index is -3.10. The first kappa shape index (κ1) is 17.7. The number of phenolic OH excluding ortho intramolecular Hbond substituents is 1. The number of aromatic hydroxyl groups is 1. The van der Waals surface area contributed by atoms with Crippen molar-refractivity contribution in [1.82, 2.24) is 4.90 Å². The molecule has 1 fully saturated rings. The lowest BCUT2D eigenvalue weighted by molar-refractivity contribution is -0.134. The predicted molar refractivity (Wildman–Crippen MR) is 85.9 cm³/mol. The summed E-state index contributed by atoms with van der Waals surface area (Å²) in [4.78, 5) is 25.2. The second-order valence-electron chi connectivity index (χ2n) is 5.30. The predicted octanol–water partition coefficient (Wildman–Crippen LogP) is 0.957. The Morgan fingerprint density at radius 2 is 2.13 bits per heavy atom. The summed E-state index contributed by atoms with van der Waals surface area (Å²) in [5.41, 5.74) is -0.0572. The van der Waals surface area contributed by atoms with Gasteiger partial charge in [-0.2, -0.15) is 0 Å². The standard InChI is InChI=1S/C14H16BrNO6S/c1-16(10-4-5-23(20,21)8-10)13(18)7-22-14(19)11-6-9(15)2-3-12(11)17/h2-3,6,10,17H,4-5,7-8H2,1H3. The Labute approximate surface area is 142 Å². The Balaban J connectivity index is 1.93. The molecular weight excluding hydrogens is 390 g/mol. The lowest BCUT2D eigenvalue weighted by atomic mass is 10.2. The molecule has 0 saturated carbocycles. The number of amides is 1. The second-order valence-corrected chi connectivity index (χ2v) is 8.44. The van der Waals surface area contributed by atoms with Crippen LogP contribution in [0.2, 0.25) is 0 Å². The molecule has 0 radical (unpaired) electrons. The monoisotopic (exact) mass is 405 g/mol. The number of benzene rings is 1. The first-order valence-electron chi connectivity index (χ1n) is 6.81. The Hall–Kier alpha value is -1.61. The number of rotatable bonds is 4. The number of carbonyl (C=O) groups is 2. The highest BCUT2D eigenvalue weighted by Crippen LogP contribution is 2.22. The molecule has 1 atom stereocenters. The normalized spacial score (nSPS) is 19.3. The minimum absolute atomic E-state index is 0.0565. The van der Waals surface area contributed by atoms with Crippen LogP contribution in [0.1, 0.15) is 16.8 Å². The van der Waals surface area contributed by atoms with E-state index in [4.69, 9.17) is 4.74 Å². The highest BCUT2D eigenvalue weighted by molar-refractivity contribution is 9.10. The van der Waals surface area contributed by atoms with E-state index in [1.807, 2.05) is 0 Å². The molecule has 1 amide bonds. The number of phenols is 1. The fourth-order valence-corrected chi connectivity index (χ4v) is 4.40. The van der Waals surface area contributed by atoms with Gasteiger partial charge >= 0.3 is 5.97 Å². The number of hydrogen-bond acceptors (Lipinski definition) is 6. The average Bonchev–Trinajstić information content (AvgIpc) is 2.86. The maximum absolute atomic E-state index is 12.0. The largest absolute Gasteiger partial charge is 0.507 e. The lowest BCUT2D eigenvalue weighted by Gasteiger charge is -2.23. The molecule has 9 heteroatoms. The van der Waals surface area contributed by atoms with E-state index in [9.17, 15) is 23.1 Å². The Bertz CT molecular complexity index is 733. The van der Waals surface area contributed by atoms with Crippen LogP contribution in [0.15, 0.2) is 22.7 Å². The molecule has 2 rings (SSSR count). The number of likely N-dealkylation sites (N-methyl/N-ethyl adjacent to an activating group) is 1. The molecule has 0 spiro atoms. The fraction of sp³-hybridized carbons (Fsp3) is 0.429. The molecular formula is C14H16BrNO6S. The summed E-state index contributed by atoms with van der Waals surface area (Å²) in [5.74, 6) is -1.59. The summed E-state index contributed by atoms with van der Waals surface area (Å²) in [6.45, 7) is -0.516. The molecule has 1 N–H and O–H groups in total. The van der Waals surface area contributed by atoms with Crippen molar-refractivity contribution >= 4 is 37.6 Å². The lowest BCUT2D eigenvalue weighted by Crippen LogP contribution is -2.40. The van der Waals surface area contributed by atoms with Crippen molar-refractivity contribution in [2.75, 3.05) is 25.2 Å². The summed E-state index contributed by atoms with van der Waals surface area (Å²) in [6.07, 6.45) is 0.380. The molecule has 0 bridgehead atoms. The Morgan fingerprint density at radius 1 is 1.43 bits per heavy atom. The molecule has 126 valence electrons. The van der Waals surface area contributed by atoms with Crippen LogP contribution in [0, 0.1) is 0 Å². The SMILES string of the molecule is CN(C(=O)COC(=O)c1cc(Br)ccc1O)C1CCS(=O)(=O)C1. The van der Waals surface area contributed by atoms with E-state index < -0.39 is 34.4 Å². The van der Waals surface area contributed by atoms with Crippen LogP contribution in [0.25, 0.3) is 0 Å². The molecule has 0 aromatic heterocycles. The van der Waals surface area contributed by atoms with Crippen LogP contribution in [0.5, 0.6) is 5.75 Å². The van der Waals surface area contributed by atoms with Crippen LogP contribution < -0.4 is 0 Å². The molecule has 1 aromatic rings. The van der Waals surface area contributed by atoms with E-state index >= 15 is 0 Å². The van der Waals surface area contributed by atoms with Gasteiger partial charge in [0.05, 0.1) is 11.5 Å². The topological polar surface area (TPSA) is 101 Å². The van der Waals surface area contributed by atoms with E-state index in [1.165, 1.54) is 24.1 Å². The third-order valence-electron chi connectivity index (χ3n) is 3.65. The van der Waals surface area contributed by atoms with Crippen molar-refractivity contribution in [2.24, 2.45) is 0 Å². The van der Waals surface area contributed by atoms with Gasteiger partial charge in [0, 0.05) is 17.6 Å². The van der Waals surface area contributed by atoms with Crippen LogP contribution >= 0.6 is 15.9 Å². The first-order chi connectivity index (χ1) is 10.7. The summed E-state index contributed by atoms with van der Waals surface area (Å²) >= 11 is 3.17. The van der Waals surface area contributed by atoms with E-state index in [-0.39, 0.29) is 22.8 Å². The van der Waals surface area contributed by atoms with Gasteiger partial charge in [0.25, 0.3) is 5.91 Å². The maximum atomic E-state index is 12.0. The molecule has 1 heterocycles. The molecule has 1 aromatic carbocycles. The van der Waals surface area contributed by atoms with Crippen LogP contribution in [0.3, 0.4) is 0 Å². The third-order valence-corrected chi connectivity index (χ3v) is 5.90. The highest BCUT2D eigenvalue weighted by Gasteiger charge is 2.33. The number of halogens is 1. The number of hydrogen-bond donors (Lipinski definition) is 1. The zero-order chi connectivity index (χ0) is 17.2. The summed E-state index contributed by atoms with van der Waals surface area (Å²) < 4.78 is 28.3. The van der Waals surface area contributed by atoms with Gasteiger partial charge < -0.3 is 14.7 Å². The van der Waals surface area contributed by atoms with E-state index in [0.717, 1.165) is 0 Å². The van der Waals surface area contributed by atoms with E-state index in [1.54, 1.807) is 6.07 Å². The third kappa shape index (κ3) is 4.44. The van der Waals surface area contributed by atoms with E-state index in [2.05, 4.69) is 15.9 Å². The second kappa shape index (κ2) is 6.88. The van der Waals surface area contributed by atoms with Crippen molar-refractivity contribution in [3.63, 3.8) is 0 Å². The zero-order valence-corrected chi connectivity index (χ0v) is 14.8.